The molecule has 0 saturated carbocycles. The molecule has 0 spiro atoms. The molecule has 0 radical (unpaired) electrons. The van der Waals surface area contributed by atoms with E-state index in [1.807, 2.05) is 0 Å². The summed E-state index contributed by atoms with van der Waals surface area (Å²) in [5, 5.41) is 6.80. The van der Waals surface area contributed by atoms with Gasteiger partial charge in [-0.2, -0.15) is 0 Å². The van der Waals surface area contributed by atoms with Crippen LogP contribution < -0.4 is 10.6 Å². The number of ether oxygens (including phenoxy) is 3. The average Bonchev–Trinajstić information content (AvgIpc) is 3.09. The van der Waals surface area contributed by atoms with Crippen LogP contribution in [0.15, 0.2) is 4.99 Å². The number of nitrogens with zero attached hydrogens (tertiary/aromatic N) is 1. The molecule has 2 N–H and O–H groups in total. The monoisotopic (exact) mass is 411 g/mol. The minimum absolute atomic E-state index is 0. The van der Waals surface area contributed by atoms with Crippen molar-refractivity contribution in [3.8, 4) is 0 Å². The number of nitrogens with one attached hydrogen (secondary N) is 2. The lowest BCUT2D eigenvalue weighted by Crippen LogP contribution is -2.48. The van der Waals surface area contributed by atoms with Gasteiger partial charge in [0.05, 0.1) is 44.6 Å². The number of fused-ring (bicyclic) bond motifs is 2. The van der Waals surface area contributed by atoms with E-state index >= 15 is 0 Å². The number of halogens is 1. The summed E-state index contributed by atoms with van der Waals surface area (Å²) in [6, 6.07) is 0.398. The first-order valence-electron chi connectivity index (χ1n) is 7.75. The summed E-state index contributed by atoms with van der Waals surface area (Å²) in [7, 11) is 0. The van der Waals surface area contributed by atoms with Crippen molar-refractivity contribution in [1.29, 1.82) is 0 Å². The van der Waals surface area contributed by atoms with Crippen LogP contribution in [0.2, 0.25) is 0 Å². The fourth-order valence-corrected chi connectivity index (χ4v) is 3.12. The Balaban J connectivity index is 0.00000161. The van der Waals surface area contributed by atoms with E-state index < -0.39 is 0 Å². The van der Waals surface area contributed by atoms with Gasteiger partial charge in [0.2, 0.25) is 0 Å². The lowest BCUT2D eigenvalue weighted by molar-refractivity contribution is -0.0833. The van der Waals surface area contributed by atoms with Gasteiger partial charge in [-0.05, 0) is 26.2 Å². The molecule has 4 atom stereocenters. The van der Waals surface area contributed by atoms with E-state index in [1.165, 1.54) is 12.8 Å². The second-order valence-corrected chi connectivity index (χ2v) is 5.65. The third-order valence-electron chi connectivity index (χ3n) is 4.11. The summed E-state index contributed by atoms with van der Waals surface area (Å²) in [5.41, 5.74) is 0. The Morgan fingerprint density at radius 2 is 2.19 bits per heavy atom. The molecule has 0 aromatic heterocycles. The maximum absolute atomic E-state index is 5.87. The van der Waals surface area contributed by atoms with Crippen LogP contribution in [0.25, 0.3) is 0 Å². The molecular weight excluding hydrogens is 385 g/mol. The number of guanidine groups is 1. The molecule has 3 saturated heterocycles. The first-order chi connectivity index (χ1) is 9.85. The standard InChI is InChI=1S/C14H25N3O3.HI/c1-2-15-14(16-8-11-9-18-5-6-19-11)17-12-7-10-3-4-13(12)20-10;/h10-13H,2-9H2,1H3,(H2,15,16,17);1H. The van der Waals surface area contributed by atoms with Crippen LogP contribution in [0.4, 0.5) is 0 Å². The van der Waals surface area contributed by atoms with Crippen molar-refractivity contribution in [2.24, 2.45) is 4.99 Å². The Morgan fingerprint density at radius 3 is 2.81 bits per heavy atom. The SMILES string of the molecule is CCNC(=NCC1COCCO1)NC1CC2CCC1O2.I. The normalized spacial score (nSPS) is 35.4. The highest BCUT2D eigenvalue weighted by Gasteiger charge is 2.41. The summed E-state index contributed by atoms with van der Waals surface area (Å²) in [5.74, 6) is 0.864. The fraction of sp³-hybridized carbons (Fsp3) is 0.929. The highest BCUT2D eigenvalue weighted by molar-refractivity contribution is 14.0. The maximum atomic E-state index is 5.87. The molecule has 3 aliphatic rings. The van der Waals surface area contributed by atoms with E-state index in [0.717, 1.165) is 18.9 Å². The lowest BCUT2D eigenvalue weighted by atomic mass is 9.96. The van der Waals surface area contributed by atoms with Crippen LogP contribution in [0.1, 0.15) is 26.2 Å². The lowest BCUT2D eigenvalue weighted by Gasteiger charge is -2.24. The van der Waals surface area contributed by atoms with E-state index in [0.29, 0.717) is 44.6 Å². The van der Waals surface area contributed by atoms with E-state index in [-0.39, 0.29) is 30.1 Å². The van der Waals surface area contributed by atoms with Gasteiger partial charge >= 0.3 is 0 Å². The molecule has 3 rings (SSSR count). The van der Waals surface area contributed by atoms with E-state index in [9.17, 15) is 0 Å². The number of aliphatic imine (C=N–C) groups is 1. The molecule has 6 nitrogen and oxygen atoms in total. The molecule has 2 bridgehead atoms. The highest BCUT2D eigenvalue weighted by atomic mass is 127. The van der Waals surface area contributed by atoms with Crippen molar-refractivity contribution in [1.82, 2.24) is 10.6 Å². The molecule has 3 fully saturated rings. The molecule has 3 aliphatic heterocycles. The van der Waals surface area contributed by atoms with Crippen LogP contribution >= 0.6 is 24.0 Å². The van der Waals surface area contributed by atoms with E-state index in [1.54, 1.807) is 0 Å². The molecule has 0 aliphatic carbocycles. The zero-order valence-electron chi connectivity index (χ0n) is 12.5. The second-order valence-electron chi connectivity index (χ2n) is 5.65. The van der Waals surface area contributed by atoms with Gasteiger partial charge in [-0.1, -0.05) is 0 Å². The summed E-state index contributed by atoms with van der Waals surface area (Å²) in [4.78, 5) is 4.62. The van der Waals surface area contributed by atoms with Crippen LogP contribution in [0, 0.1) is 0 Å². The molecule has 122 valence electrons. The van der Waals surface area contributed by atoms with Gasteiger partial charge in [-0.3, -0.25) is 4.99 Å². The molecule has 3 heterocycles. The van der Waals surface area contributed by atoms with Crippen LogP contribution in [-0.4, -0.2) is 63.2 Å². The third kappa shape index (κ3) is 4.67. The predicted octanol–water partition coefficient (Wildman–Crippen LogP) is 0.895. The first kappa shape index (κ1) is 17.2. The zero-order chi connectivity index (χ0) is 13.8. The topological polar surface area (TPSA) is 64.1 Å². The minimum atomic E-state index is 0. The Labute approximate surface area is 143 Å². The number of rotatable bonds is 4. The van der Waals surface area contributed by atoms with Crippen LogP contribution in [-0.2, 0) is 14.2 Å². The molecule has 21 heavy (non-hydrogen) atoms. The first-order valence-corrected chi connectivity index (χ1v) is 7.75. The predicted molar refractivity (Wildman–Crippen MR) is 91.4 cm³/mol. The third-order valence-corrected chi connectivity index (χ3v) is 4.11. The van der Waals surface area contributed by atoms with Crippen molar-refractivity contribution in [3.63, 3.8) is 0 Å². The fourth-order valence-electron chi connectivity index (χ4n) is 3.12. The van der Waals surface area contributed by atoms with Crippen LogP contribution in [0.5, 0.6) is 0 Å². The van der Waals surface area contributed by atoms with Gasteiger partial charge in [0, 0.05) is 6.54 Å². The molecule has 7 heteroatoms. The average molecular weight is 411 g/mol. The van der Waals surface area contributed by atoms with E-state index in [4.69, 9.17) is 14.2 Å². The molecule has 0 aromatic carbocycles. The molecule has 0 aromatic rings. The summed E-state index contributed by atoms with van der Waals surface area (Å²) in [6.07, 6.45) is 4.37. The maximum Gasteiger partial charge on any atom is 0.191 e. The van der Waals surface area contributed by atoms with E-state index in [2.05, 4.69) is 22.5 Å². The van der Waals surface area contributed by atoms with Gasteiger partial charge in [0.15, 0.2) is 5.96 Å². The zero-order valence-corrected chi connectivity index (χ0v) is 14.9. The Morgan fingerprint density at radius 1 is 1.29 bits per heavy atom. The molecule has 0 amide bonds. The quantitative estimate of drug-likeness (QED) is 0.409. The number of hydrogen-bond donors (Lipinski definition) is 2. The van der Waals surface area contributed by atoms with Gasteiger partial charge < -0.3 is 24.8 Å². The Hall–Kier alpha value is -0.120. The summed E-state index contributed by atoms with van der Waals surface area (Å²) in [6.45, 7) is 5.58. The van der Waals surface area contributed by atoms with Gasteiger partial charge in [0.25, 0.3) is 0 Å². The van der Waals surface area contributed by atoms with Crippen molar-refractivity contribution in [2.45, 2.75) is 50.5 Å². The summed E-state index contributed by atoms with van der Waals surface area (Å²) < 4.78 is 16.9. The highest BCUT2D eigenvalue weighted by Crippen LogP contribution is 2.34. The van der Waals surface area contributed by atoms with Crippen molar-refractivity contribution in [3.05, 3.63) is 0 Å². The second kappa shape index (κ2) is 8.50. The molecule has 4 unspecified atom stereocenters. The van der Waals surface area contributed by atoms with Crippen molar-refractivity contribution in [2.75, 3.05) is 32.9 Å². The van der Waals surface area contributed by atoms with Crippen molar-refractivity contribution < 1.29 is 14.2 Å². The Bertz CT molecular complexity index is 350. The largest absolute Gasteiger partial charge is 0.376 e. The smallest absolute Gasteiger partial charge is 0.191 e. The Kier molecular flexibility index (Phi) is 6.97. The summed E-state index contributed by atoms with van der Waals surface area (Å²) >= 11 is 0. The minimum Gasteiger partial charge on any atom is -0.376 e. The van der Waals surface area contributed by atoms with Gasteiger partial charge in [-0.15, -0.1) is 24.0 Å². The molecular formula is C14H26IN3O3. The van der Waals surface area contributed by atoms with Gasteiger partial charge in [0.1, 0.15) is 6.10 Å². The van der Waals surface area contributed by atoms with Crippen molar-refractivity contribution >= 4 is 29.9 Å². The number of hydrogen-bond acceptors (Lipinski definition) is 4. The van der Waals surface area contributed by atoms with Crippen LogP contribution in [0.3, 0.4) is 0 Å². The van der Waals surface area contributed by atoms with Gasteiger partial charge in [-0.25, -0.2) is 0 Å².